The number of terminal acetylenes is 1. The summed E-state index contributed by atoms with van der Waals surface area (Å²) < 4.78 is 0. The molecule has 0 atom stereocenters. The number of hydrogen-bond donors (Lipinski definition) is 1. The monoisotopic (exact) mass is 285 g/mol. The van der Waals surface area contributed by atoms with Crippen molar-refractivity contribution in [2.24, 2.45) is 0 Å². The van der Waals surface area contributed by atoms with Crippen molar-refractivity contribution in [3.63, 3.8) is 0 Å². The topological polar surface area (TPSA) is 99.4 Å². The van der Waals surface area contributed by atoms with Gasteiger partial charge in [0.25, 0.3) is 0 Å². The van der Waals surface area contributed by atoms with Gasteiger partial charge in [0, 0.05) is 0 Å². The van der Waals surface area contributed by atoms with Gasteiger partial charge in [-0.25, -0.2) is 9.97 Å². The molecule has 0 spiro atoms. The summed E-state index contributed by atoms with van der Waals surface area (Å²) in [6.45, 7) is 0. The van der Waals surface area contributed by atoms with E-state index in [9.17, 15) is 0 Å². The molecule has 0 radical (unpaired) electrons. The number of benzene rings is 1. The molecule has 5 nitrogen and oxygen atoms in total. The van der Waals surface area contributed by atoms with E-state index in [1.54, 1.807) is 6.08 Å². The van der Waals surface area contributed by atoms with E-state index in [2.05, 4.69) is 15.9 Å². The van der Waals surface area contributed by atoms with Crippen LogP contribution in [0.4, 0.5) is 5.82 Å². The molecule has 2 N–H and O–H groups in total. The van der Waals surface area contributed by atoms with Crippen molar-refractivity contribution in [3.05, 3.63) is 53.0 Å². The summed E-state index contributed by atoms with van der Waals surface area (Å²) in [4.78, 5) is 8.29. The first-order valence-electron chi connectivity index (χ1n) is 6.36. The highest BCUT2D eigenvalue weighted by atomic mass is 15.0. The Morgan fingerprint density at radius 1 is 1.23 bits per heavy atom. The first kappa shape index (κ1) is 14.8. The van der Waals surface area contributed by atoms with Gasteiger partial charge in [-0.15, -0.1) is 6.42 Å². The minimum absolute atomic E-state index is 0.0203. The average Bonchev–Trinajstić information content (AvgIpc) is 2.53. The van der Waals surface area contributed by atoms with Crippen molar-refractivity contribution in [1.29, 1.82) is 10.5 Å². The highest BCUT2D eigenvalue weighted by Gasteiger charge is 2.13. The Balaban J connectivity index is 2.57. The Labute approximate surface area is 128 Å². The molecular weight excluding hydrogens is 274 g/mol. The van der Waals surface area contributed by atoms with Gasteiger partial charge in [-0.3, -0.25) is 0 Å². The van der Waals surface area contributed by atoms with Crippen LogP contribution in [0.15, 0.2) is 30.3 Å². The number of nitrogen functional groups attached to an aromatic ring is 1. The fourth-order valence-electron chi connectivity index (χ4n) is 1.86. The summed E-state index contributed by atoms with van der Waals surface area (Å²) in [5.74, 6) is 2.77. The maximum absolute atomic E-state index is 9.07. The van der Waals surface area contributed by atoms with Gasteiger partial charge in [0.1, 0.15) is 17.5 Å². The molecule has 0 amide bonds. The van der Waals surface area contributed by atoms with Gasteiger partial charge in [-0.2, -0.15) is 10.5 Å². The molecule has 1 aromatic heterocycles. The van der Waals surface area contributed by atoms with Crippen LogP contribution in [0, 0.1) is 35.0 Å². The molecule has 0 fully saturated rings. The number of anilines is 1. The molecule has 2 aromatic rings. The predicted octanol–water partition coefficient (Wildman–Crippen LogP) is 2.17. The quantitative estimate of drug-likeness (QED) is 0.871. The van der Waals surface area contributed by atoms with Crippen molar-refractivity contribution in [2.45, 2.75) is 6.42 Å². The summed E-state index contributed by atoms with van der Waals surface area (Å²) in [6, 6.07) is 13.3. The van der Waals surface area contributed by atoms with E-state index in [-0.39, 0.29) is 29.3 Å². The number of nitrogens with two attached hydrogens (primary N) is 1. The second-order valence-corrected chi connectivity index (χ2v) is 4.31. The molecule has 0 saturated carbocycles. The van der Waals surface area contributed by atoms with Gasteiger partial charge in [0.15, 0.2) is 5.82 Å². The van der Waals surface area contributed by atoms with E-state index >= 15 is 0 Å². The molecule has 0 unspecified atom stereocenters. The maximum Gasteiger partial charge on any atom is 0.170 e. The van der Waals surface area contributed by atoms with Gasteiger partial charge >= 0.3 is 0 Å². The Bertz CT molecular complexity index is 846. The van der Waals surface area contributed by atoms with Crippen LogP contribution in [0.2, 0.25) is 0 Å². The fourth-order valence-corrected chi connectivity index (χ4v) is 1.86. The van der Waals surface area contributed by atoms with Crippen molar-refractivity contribution in [3.8, 4) is 24.5 Å². The van der Waals surface area contributed by atoms with Gasteiger partial charge in [0.2, 0.25) is 0 Å². The zero-order valence-corrected chi connectivity index (χ0v) is 11.6. The lowest BCUT2D eigenvalue weighted by Crippen LogP contribution is -2.07. The van der Waals surface area contributed by atoms with Crippen molar-refractivity contribution in [1.82, 2.24) is 9.97 Å². The third kappa shape index (κ3) is 3.10. The Hall–Kier alpha value is -3.62. The summed E-state index contributed by atoms with van der Waals surface area (Å²) in [5.41, 5.74) is 7.49. The van der Waals surface area contributed by atoms with E-state index in [4.69, 9.17) is 22.7 Å². The molecule has 0 bridgehead atoms. The largest absolute Gasteiger partial charge is 0.382 e. The summed E-state index contributed by atoms with van der Waals surface area (Å²) in [7, 11) is 0. The van der Waals surface area contributed by atoms with Crippen LogP contribution in [0.5, 0.6) is 0 Å². The number of nitrogens with zero attached hydrogens (tertiary/aromatic N) is 4. The first-order chi connectivity index (χ1) is 10.7. The Morgan fingerprint density at radius 2 is 1.95 bits per heavy atom. The number of aromatic nitrogens is 2. The summed E-state index contributed by atoms with van der Waals surface area (Å²) >= 11 is 0. The normalized spacial score (nSPS) is 10.3. The van der Waals surface area contributed by atoms with Crippen LogP contribution >= 0.6 is 0 Å². The maximum atomic E-state index is 9.07. The molecule has 2 rings (SSSR count). The van der Waals surface area contributed by atoms with Crippen LogP contribution in [-0.4, -0.2) is 9.97 Å². The van der Waals surface area contributed by atoms with Crippen LogP contribution in [0.1, 0.15) is 22.6 Å². The van der Waals surface area contributed by atoms with Gasteiger partial charge in [0.05, 0.1) is 23.8 Å². The lowest BCUT2D eigenvalue weighted by Gasteiger charge is -2.06. The van der Waals surface area contributed by atoms with Gasteiger partial charge in [-0.05, 0) is 11.6 Å². The molecule has 22 heavy (non-hydrogen) atoms. The van der Waals surface area contributed by atoms with E-state index in [1.807, 2.05) is 42.5 Å². The van der Waals surface area contributed by atoms with Gasteiger partial charge in [-0.1, -0.05) is 36.3 Å². The van der Waals surface area contributed by atoms with E-state index in [0.717, 1.165) is 5.56 Å². The van der Waals surface area contributed by atoms with Gasteiger partial charge < -0.3 is 5.73 Å². The summed E-state index contributed by atoms with van der Waals surface area (Å²) in [6.07, 6.45) is 7.24. The number of allylic oxidation sites excluding steroid dienone is 1. The SMILES string of the molecule is C#C/C(=C\c1ccccc1)c1nc(N)c(C#N)c(CC#N)n1. The first-order valence-corrected chi connectivity index (χ1v) is 6.36. The summed E-state index contributed by atoms with van der Waals surface area (Å²) in [5, 5.41) is 17.9. The molecule has 5 heteroatoms. The second-order valence-electron chi connectivity index (χ2n) is 4.31. The number of rotatable bonds is 3. The predicted molar refractivity (Wildman–Crippen MR) is 83.6 cm³/mol. The smallest absolute Gasteiger partial charge is 0.170 e. The molecule has 1 aromatic carbocycles. The lowest BCUT2D eigenvalue weighted by molar-refractivity contribution is 1.02. The van der Waals surface area contributed by atoms with Crippen molar-refractivity contribution < 1.29 is 0 Å². The lowest BCUT2D eigenvalue weighted by atomic mass is 10.1. The zero-order chi connectivity index (χ0) is 15.9. The van der Waals surface area contributed by atoms with Crippen molar-refractivity contribution >= 4 is 17.5 Å². The minimum Gasteiger partial charge on any atom is -0.382 e. The number of hydrogen-bond acceptors (Lipinski definition) is 5. The standard InChI is InChI=1S/C17H11N5/c1-2-13(10-12-6-4-3-5-7-12)17-21-15(8-9-18)14(11-19)16(20)22-17/h1,3-7,10H,8H2,(H2,20,21,22)/b13-10+. The number of nitriles is 2. The van der Waals surface area contributed by atoms with E-state index in [0.29, 0.717) is 5.57 Å². The molecular formula is C17H11N5. The minimum atomic E-state index is -0.0359. The molecule has 0 aliphatic carbocycles. The molecule has 0 aliphatic heterocycles. The van der Waals surface area contributed by atoms with Crippen LogP contribution in [-0.2, 0) is 6.42 Å². The van der Waals surface area contributed by atoms with E-state index in [1.165, 1.54) is 0 Å². The highest BCUT2D eigenvalue weighted by Crippen LogP contribution is 2.19. The third-order valence-electron chi connectivity index (χ3n) is 2.88. The second kappa shape index (κ2) is 6.70. The zero-order valence-electron chi connectivity index (χ0n) is 11.6. The Morgan fingerprint density at radius 3 is 2.55 bits per heavy atom. The molecule has 1 heterocycles. The molecule has 0 aliphatic rings. The van der Waals surface area contributed by atoms with Crippen LogP contribution in [0.3, 0.4) is 0 Å². The Kier molecular flexibility index (Phi) is 4.50. The average molecular weight is 285 g/mol. The van der Waals surface area contributed by atoms with E-state index < -0.39 is 0 Å². The highest BCUT2D eigenvalue weighted by molar-refractivity contribution is 5.88. The molecule has 104 valence electrons. The van der Waals surface area contributed by atoms with Crippen LogP contribution < -0.4 is 5.73 Å². The fraction of sp³-hybridized carbons (Fsp3) is 0.0588. The van der Waals surface area contributed by atoms with Crippen LogP contribution in [0.25, 0.3) is 11.6 Å². The van der Waals surface area contributed by atoms with Crippen molar-refractivity contribution in [2.75, 3.05) is 5.73 Å². The molecule has 0 saturated heterocycles. The third-order valence-corrected chi connectivity index (χ3v) is 2.88.